The standard InChI is InChI=1S/C25H20N2O2S/c1-2-17-27-24(29)20-15-9-10-16-21(20)26-25(27)30-23(19-13-7-4-8-14-19)22(28)18-11-5-3-6-12-18/h2-16,23H,1,17H2/t23-/m1/s1. The van der Waals surface area contributed by atoms with Gasteiger partial charge in [0, 0.05) is 12.1 Å². The molecule has 30 heavy (non-hydrogen) atoms. The molecule has 1 atom stereocenters. The smallest absolute Gasteiger partial charge is 0.262 e. The Balaban J connectivity index is 1.84. The van der Waals surface area contributed by atoms with Crippen molar-refractivity contribution in [3.05, 3.63) is 119 Å². The SMILES string of the molecule is C=CCn1c(S[C@@H](C(=O)c2ccccc2)c2ccccc2)nc2ccccc2c1=O. The van der Waals surface area contributed by atoms with Gasteiger partial charge in [-0.2, -0.15) is 0 Å². The van der Waals surface area contributed by atoms with Crippen LogP contribution in [0.4, 0.5) is 0 Å². The molecule has 0 aliphatic heterocycles. The third-order valence-corrected chi connectivity index (χ3v) is 6.00. The van der Waals surface area contributed by atoms with Crippen molar-refractivity contribution >= 4 is 28.4 Å². The van der Waals surface area contributed by atoms with Crippen LogP contribution in [0.15, 0.2) is 108 Å². The Morgan fingerprint density at radius 2 is 1.60 bits per heavy atom. The molecule has 0 aliphatic carbocycles. The van der Waals surface area contributed by atoms with Crippen LogP contribution in [0.2, 0.25) is 0 Å². The fourth-order valence-corrected chi connectivity index (χ4v) is 4.47. The molecular weight excluding hydrogens is 392 g/mol. The van der Waals surface area contributed by atoms with Crippen LogP contribution in [0.5, 0.6) is 0 Å². The maximum atomic E-state index is 13.4. The van der Waals surface area contributed by atoms with Gasteiger partial charge < -0.3 is 0 Å². The number of nitrogens with zero attached hydrogens (tertiary/aromatic N) is 2. The first-order valence-corrected chi connectivity index (χ1v) is 10.5. The minimum Gasteiger partial charge on any atom is -0.293 e. The molecule has 1 aromatic heterocycles. The second kappa shape index (κ2) is 8.93. The van der Waals surface area contributed by atoms with E-state index in [4.69, 9.17) is 4.98 Å². The van der Waals surface area contributed by atoms with E-state index < -0.39 is 5.25 Å². The van der Waals surface area contributed by atoms with Crippen molar-refractivity contribution < 1.29 is 4.79 Å². The topological polar surface area (TPSA) is 52.0 Å². The van der Waals surface area contributed by atoms with E-state index in [1.54, 1.807) is 16.7 Å². The third-order valence-electron chi connectivity index (χ3n) is 4.76. The molecule has 0 bridgehead atoms. The maximum Gasteiger partial charge on any atom is 0.262 e. The van der Waals surface area contributed by atoms with Gasteiger partial charge in [-0.1, -0.05) is 90.6 Å². The summed E-state index contributed by atoms with van der Waals surface area (Å²) in [5, 5.41) is 0.517. The largest absolute Gasteiger partial charge is 0.293 e. The Labute approximate surface area is 178 Å². The second-order valence-electron chi connectivity index (χ2n) is 6.75. The molecule has 5 heteroatoms. The number of thioether (sulfide) groups is 1. The van der Waals surface area contributed by atoms with E-state index in [0.717, 1.165) is 5.56 Å². The molecule has 148 valence electrons. The van der Waals surface area contributed by atoms with Crippen LogP contribution >= 0.6 is 11.8 Å². The summed E-state index contributed by atoms with van der Waals surface area (Å²) in [5.41, 5.74) is 1.97. The summed E-state index contributed by atoms with van der Waals surface area (Å²) in [6.07, 6.45) is 1.67. The van der Waals surface area contributed by atoms with Crippen LogP contribution in [-0.2, 0) is 6.54 Å². The zero-order valence-corrected chi connectivity index (χ0v) is 17.1. The van der Waals surface area contributed by atoms with Gasteiger partial charge in [-0.15, -0.1) is 6.58 Å². The molecule has 0 fully saturated rings. The average Bonchev–Trinajstić information content (AvgIpc) is 2.80. The molecule has 4 rings (SSSR count). The number of Topliss-reactive ketones (excluding diaryl/α,β-unsaturated/α-hetero) is 1. The highest BCUT2D eigenvalue weighted by Gasteiger charge is 2.26. The van der Waals surface area contributed by atoms with Crippen LogP contribution in [0, 0.1) is 0 Å². The van der Waals surface area contributed by atoms with E-state index in [-0.39, 0.29) is 11.3 Å². The summed E-state index contributed by atoms with van der Waals surface area (Å²) in [7, 11) is 0. The van der Waals surface area contributed by atoms with E-state index in [1.165, 1.54) is 11.8 Å². The Kier molecular flexibility index (Phi) is 5.91. The summed E-state index contributed by atoms with van der Waals surface area (Å²) in [6, 6.07) is 26.0. The molecule has 0 saturated carbocycles. The van der Waals surface area contributed by atoms with Crippen LogP contribution in [0.3, 0.4) is 0 Å². The lowest BCUT2D eigenvalue weighted by Crippen LogP contribution is -2.23. The Bertz CT molecular complexity index is 1250. The molecule has 0 saturated heterocycles. The molecule has 0 radical (unpaired) electrons. The number of carbonyl (C=O) groups is 1. The van der Waals surface area contributed by atoms with Gasteiger partial charge in [0.2, 0.25) is 0 Å². The summed E-state index contributed by atoms with van der Waals surface area (Å²) < 4.78 is 1.58. The summed E-state index contributed by atoms with van der Waals surface area (Å²) in [5.74, 6) is -0.0284. The summed E-state index contributed by atoms with van der Waals surface area (Å²) in [4.78, 5) is 31.2. The number of para-hydroxylation sites is 1. The molecule has 0 amide bonds. The predicted molar refractivity (Wildman–Crippen MR) is 122 cm³/mol. The first-order chi connectivity index (χ1) is 14.7. The number of ketones is 1. The molecule has 0 unspecified atom stereocenters. The number of carbonyl (C=O) groups excluding carboxylic acids is 1. The number of benzene rings is 3. The van der Waals surface area contributed by atoms with Gasteiger partial charge in [0.25, 0.3) is 5.56 Å². The van der Waals surface area contributed by atoms with Gasteiger partial charge in [-0.25, -0.2) is 4.98 Å². The van der Waals surface area contributed by atoms with E-state index in [1.807, 2.05) is 78.9 Å². The fraction of sp³-hybridized carbons (Fsp3) is 0.0800. The molecule has 3 aromatic carbocycles. The maximum absolute atomic E-state index is 13.4. The van der Waals surface area contributed by atoms with E-state index in [0.29, 0.717) is 28.2 Å². The summed E-state index contributed by atoms with van der Waals surface area (Å²) in [6.45, 7) is 4.09. The lowest BCUT2D eigenvalue weighted by molar-refractivity contribution is 0.0989. The number of rotatable bonds is 7. The molecule has 0 spiro atoms. The van der Waals surface area contributed by atoms with Crippen molar-refractivity contribution in [1.82, 2.24) is 9.55 Å². The molecule has 0 N–H and O–H groups in total. The first kappa shape index (κ1) is 19.9. The Morgan fingerprint density at radius 1 is 0.967 bits per heavy atom. The highest BCUT2D eigenvalue weighted by molar-refractivity contribution is 8.00. The molecule has 1 heterocycles. The van der Waals surface area contributed by atoms with Gasteiger partial charge >= 0.3 is 0 Å². The van der Waals surface area contributed by atoms with Crippen LogP contribution < -0.4 is 5.56 Å². The number of allylic oxidation sites excluding steroid dienone is 1. The Morgan fingerprint density at radius 3 is 2.30 bits per heavy atom. The number of hydrogen-bond acceptors (Lipinski definition) is 4. The first-order valence-electron chi connectivity index (χ1n) is 9.60. The lowest BCUT2D eigenvalue weighted by Gasteiger charge is -2.18. The molecular formula is C25H20N2O2S. The van der Waals surface area contributed by atoms with Gasteiger partial charge in [0.05, 0.1) is 10.9 Å². The van der Waals surface area contributed by atoms with Crippen molar-refractivity contribution in [3.63, 3.8) is 0 Å². The highest BCUT2D eigenvalue weighted by atomic mass is 32.2. The Hall–Kier alpha value is -3.44. The second-order valence-corrected chi connectivity index (χ2v) is 7.83. The van der Waals surface area contributed by atoms with E-state index in [9.17, 15) is 9.59 Å². The minimum atomic E-state index is -0.530. The molecule has 0 aliphatic rings. The van der Waals surface area contributed by atoms with Crippen molar-refractivity contribution in [2.24, 2.45) is 0 Å². The fourth-order valence-electron chi connectivity index (χ4n) is 3.29. The molecule has 4 nitrogen and oxygen atoms in total. The number of hydrogen-bond donors (Lipinski definition) is 0. The van der Waals surface area contributed by atoms with Gasteiger partial charge in [-0.05, 0) is 17.7 Å². The monoisotopic (exact) mass is 412 g/mol. The van der Waals surface area contributed by atoms with E-state index >= 15 is 0 Å². The van der Waals surface area contributed by atoms with Gasteiger partial charge in [-0.3, -0.25) is 14.2 Å². The summed E-state index contributed by atoms with van der Waals surface area (Å²) >= 11 is 1.29. The quantitative estimate of drug-likeness (QED) is 0.179. The third kappa shape index (κ3) is 3.98. The van der Waals surface area contributed by atoms with Crippen LogP contribution in [-0.4, -0.2) is 15.3 Å². The van der Waals surface area contributed by atoms with Crippen LogP contribution in [0.25, 0.3) is 10.9 Å². The number of aromatic nitrogens is 2. The zero-order chi connectivity index (χ0) is 20.9. The van der Waals surface area contributed by atoms with Crippen LogP contribution in [0.1, 0.15) is 21.2 Å². The van der Waals surface area contributed by atoms with Crippen molar-refractivity contribution in [3.8, 4) is 0 Å². The van der Waals surface area contributed by atoms with Crippen molar-refractivity contribution in [1.29, 1.82) is 0 Å². The lowest BCUT2D eigenvalue weighted by atomic mass is 10.0. The normalized spacial score (nSPS) is 11.9. The predicted octanol–water partition coefficient (Wildman–Crippen LogP) is 5.30. The average molecular weight is 413 g/mol. The van der Waals surface area contributed by atoms with Gasteiger partial charge in [0.1, 0.15) is 5.25 Å². The number of fused-ring (bicyclic) bond motifs is 1. The minimum absolute atomic E-state index is 0.0284. The highest BCUT2D eigenvalue weighted by Crippen LogP contribution is 2.37. The van der Waals surface area contributed by atoms with Gasteiger partial charge in [0.15, 0.2) is 10.9 Å². The van der Waals surface area contributed by atoms with Crippen molar-refractivity contribution in [2.75, 3.05) is 0 Å². The zero-order valence-electron chi connectivity index (χ0n) is 16.3. The molecule has 4 aromatic rings. The van der Waals surface area contributed by atoms with E-state index in [2.05, 4.69) is 6.58 Å². The van der Waals surface area contributed by atoms with Crippen molar-refractivity contribution in [2.45, 2.75) is 17.0 Å².